The number of hydrogen-bond acceptors (Lipinski definition) is 4. The lowest BCUT2D eigenvalue weighted by Gasteiger charge is -2.09. The molecule has 0 N–H and O–H groups in total. The van der Waals surface area contributed by atoms with Gasteiger partial charge in [0, 0.05) is 17.2 Å². The number of carbonyl (C=O) groups excluding carboxylic acids is 1. The number of carbonyl (C=O) groups is 1. The summed E-state index contributed by atoms with van der Waals surface area (Å²) in [5, 5.41) is 10.9. The Morgan fingerprint density at radius 2 is 2.00 bits per heavy atom. The van der Waals surface area contributed by atoms with Crippen molar-refractivity contribution in [2.24, 2.45) is 0 Å². The maximum absolute atomic E-state index is 10.9. The van der Waals surface area contributed by atoms with Crippen LogP contribution in [0, 0.1) is 17.0 Å². The molecule has 0 aromatic heterocycles. The molecule has 5 heteroatoms. The van der Waals surface area contributed by atoms with Gasteiger partial charge in [-0.3, -0.25) is 14.9 Å². The van der Waals surface area contributed by atoms with E-state index < -0.39 is 4.92 Å². The fourth-order valence-electron chi connectivity index (χ4n) is 1.86. The van der Waals surface area contributed by atoms with Crippen LogP contribution in [0.2, 0.25) is 0 Å². The Bertz CT molecular complexity index is 652. The van der Waals surface area contributed by atoms with Crippen molar-refractivity contribution in [1.29, 1.82) is 0 Å². The number of nitro groups is 1. The summed E-state index contributed by atoms with van der Waals surface area (Å²) in [7, 11) is 0. The van der Waals surface area contributed by atoms with Crippen LogP contribution < -0.4 is 4.74 Å². The second-order valence-corrected chi connectivity index (χ2v) is 4.30. The Kier molecular flexibility index (Phi) is 4.10. The molecular formula is C15H13NO4. The lowest BCUT2D eigenvalue weighted by molar-refractivity contribution is -0.385. The van der Waals surface area contributed by atoms with Gasteiger partial charge in [0.1, 0.15) is 18.6 Å². The lowest BCUT2D eigenvalue weighted by atomic mass is 10.1. The van der Waals surface area contributed by atoms with Gasteiger partial charge in [0.15, 0.2) is 0 Å². The highest BCUT2D eigenvalue weighted by Crippen LogP contribution is 2.22. The Labute approximate surface area is 116 Å². The first-order valence-corrected chi connectivity index (χ1v) is 6.02. The minimum absolute atomic E-state index is 0.0766. The maximum atomic E-state index is 10.9. The second kappa shape index (κ2) is 5.97. The Balaban J connectivity index is 2.16. The van der Waals surface area contributed by atoms with Crippen LogP contribution in [0.25, 0.3) is 0 Å². The van der Waals surface area contributed by atoms with Crippen molar-refractivity contribution >= 4 is 12.0 Å². The van der Waals surface area contributed by atoms with Crippen LogP contribution in [0.5, 0.6) is 5.75 Å². The van der Waals surface area contributed by atoms with E-state index in [4.69, 9.17) is 4.74 Å². The summed E-state index contributed by atoms with van der Waals surface area (Å²) in [6.07, 6.45) is 0.742. The van der Waals surface area contributed by atoms with Crippen molar-refractivity contribution in [3.63, 3.8) is 0 Å². The average Bonchev–Trinajstić information content (AvgIpc) is 2.46. The maximum Gasteiger partial charge on any atom is 0.272 e. The van der Waals surface area contributed by atoms with E-state index in [-0.39, 0.29) is 12.3 Å². The quantitative estimate of drug-likeness (QED) is 0.475. The molecule has 102 valence electrons. The molecule has 0 aliphatic carbocycles. The molecule has 5 nitrogen and oxygen atoms in total. The minimum atomic E-state index is -0.411. The average molecular weight is 271 g/mol. The van der Waals surface area contributed by atoms with Crippen molar-refractivity contribution in [1.82, 2.24) is 0 Å². The molecule has 2 aromatic carbocycles. The van der Waals surface area contributed by atoms with Crippen molar-refractivity contribution in [3.05, 3.63) is 69.3 Å². The van der Waals surface area contributed by atoms with Crippen molar-refractivity contribution in [2.75, 3.05) is 0 Å². The first-order valence-electron chi connectivity index (χ1n) is 6.02. The molecule has 0 bridgehead atoms. The van der Waals surface area contributed by atoms with E-state index in [9.17, 15) is 14.9 Å². The predicted octanol–water partition coefficient (Wildman–Crippen LogP) is 3.29. The fourth-order valence-corrected chi connectivity index (χ4v) is 1.86. The normalized spacial score (nSPS) is 10.1. The van der Waals surface area contributed by atoms with Gasteiger partial charge in [-0.2, -0.15) is 0 Å². The third-order valence-corrected chi connectivity index (χ3v) is 3.00. The molecule has 0 atom stereocenters. The van der Waals surface area contributed by atoms with Crippen LogP contribution in [0.15, 0.2) is 42.5 Å². The number of rotatable bonds is 5. The van der Waals surface area contributed by atoms with Gasteiger partial charge in [-0.25, -0.2) is 0 Å². The van der Waals surface area contributed by atoms with Crippen molar-refractivity contribution < 1.29 is 14.5 Å². The van der Waals surface area contributed by atoms with E-state index in [2.05, 4.69) is 0 Å². The molecule has 20 heavy (non-hydrogen) atoms. The zero-order chi connectivity index (χ0) is 14.5. The van der Waals surface area contributed by atoms with E-state index in [0.29, 0.717) is 16.9 Å². The number of ether oxygens (including phenoxy) is 1. The summed E-state index contributed by atoms with van der Waals surface area (Å²) in [6, 6.07) is 11.6. The molecule has 0 saturated heterocycles. The molecule has 0 saturated carbocycles. The van der Waals surface area contributed by atoms with Gasteiger partial charge in [-0.1, -0.05) is 24.3 Å². The summed E-state index contributed by atoms with van der Waals surface area (Å²) in [6.45, 7) is 1.91. The Hall–Kier alpha value is -2.69. The number of nitro benzene ring substituents is 1. The van der Waals surface area contributed by atoms with Gasteiger partial charge in [-0.15, -0.1) is 0 Å². The van der Waals surface area contributed by atoms with Gasteiger partial charge >= 0.3 is 0 Å². The topological polar surface area (TPSA) is 69.4 Å². The summed E-state index contributed by atoms with van der Waals surface area (Å²) in [4.78, 5) is 21.1. The standard InChI is InChI=1S/C15H13NO4/c1-11-13(5-3-7-15(11)16(18)19)10-20-14-6-2-4-12(8-14)9-17/h2-9H,10H2,1H3. The van der Waals surface area contributed by atoms with Crippen LogP contribution in [0.1, 0.15) is 21.5 Å². The molecule has 0 amide bonds. The van der Waals surface area contributed by atoms with Crippen molar-refractivity contribution in [3.8, 4) is 5.75 Å². The Morgan fingerprint density at radius 3 is 2.70 bits per heavy atom. The predicted molar refractivity (Wildman–Crippen MR) is 74.0 cm³/mol. The molecule has 2 aromatic rings. The van der Waals surface area contributed by atoms with E-state index in [1.165, 1.54) is 6.07 Å². The summed E-state index contributed by atoms with van der Waals surface area (Å²) in [5.41, 5.74) is 1.94. The smallest absolute Gasteiger partial charge is 0.272 e. The van der Waals surface area contributed by atoms with E-state index >= 15 is 0 Å². The summed E-state index contributed by atoms with van der Waals surface area (Å²) < 4.78 is 5.57. The van der Waals surface area contributed by atoms with Crippen molar-refractivity contribution in [2.45, 2.75) is 13.5 Å². The molecular weight excluding hydrogens is 258 g/mol. The summed E-state index contributed by atoms with van der Waals surface area (Å²) in [5.74, 6) is 0.556. The molecule has 0 aliphatic heterocycles. The fraction of sp³-hybridized carbons (Fsp3) is 0.133. The highest BCUT2D eigenvalue weighted by Gasteiger charge is 2.13. The van der Waals surface area contributed by atoms with Crippen LogP contribution in [0.3, 0.4) is 0 Å². The monoisotopic (exact) mass is 271 g/mol. The number of nitrogens with zero attached hydrogens (tertiary/aromatic N) is 1. The van der Waals surface area contributed by atoms with Gasteiger partial charge in [0.25, 0.3) is 5.69 Å². The zero-order valence-corrected chi connectivity index (χ0v) is 10.9. The molecule has 0 radical (unpaired) electrons. The van der Waals surface area contributed by atoms with Crippen LogP contribution in [-0.2, 0) is 6.61 Å². The van der Waals surface area contributed by atoms with Crippen LogP contribution in [-0.4, -0.2) is 11.2 Å². The first-order chi connectivity index (χ1) is 9.61. The third-order valence-electron chi connectivity index (χ3n) is 3.00. The molecule has 0 unspecified atom stereocenters. The highest BCUT2D eigenvalue weighted by atomic mass is 16.6. The molecule has 0 spiro atoms. The van der Waals surface area contributed by atoms with Gasteiger partial charge in [-0.05, 0) is 24.6 Å². The van der Waals surface area contributed by atoms with Gasteiger partial charge < -0.3 is 4.74 Å². The second-order valence-electron chi connectivity index (χ2n) is 4.30. The highest BCUT2D eigenvalue weighted by molar-refractivity contribution is 5.75. The van der Waals surface area contributed by atoms with E-state index in [1.54, 1.807) is 43.3 Å². The molecule has 0 heterocycles. The number of benzene rings is 2. The van der Waals surface area contributed by atoms with Crippen LogP contribution in [0.4, 0.5) is 5.69 Å². The lowest BCUT2D eigenvalue weighted by Crippen LogP contribution is -2.01. The van der Waals surface area contributed by atoms with Gasteiger partial charge in [0.2, 0.25) is 0 Å². The molecule has 2 rings (SSSR count). The Morgan fingerprint density at radius 1 is 1.25 bits per heavy atom. The van der Waals surface area contributed by atoms with E-state index in [1.807, 2.05) is 0 Å². The first kappa shape index (κ1) is 13.7. The zero-order valence-electron chi connectivity index (χ0n) is 10.9. The van der Waals surface area contributed by atoms with Crippen LogP contribution >= 0.6 is 0 Å². The largest absolute Gasteiger partial charge is 0.489 e. The minimum Gasteiger partial charge on any atom is -0.489 e. The van der Waals surface area contributed by atoms with Gasteiger partial charge in [0.05, 0.1) is 4.92 Å². The molecule has 0 fully saturated rings. The number of hydrogen-bond donors (Lipinski definition) is 0. The summed E-state index contributed by atoms with van der Waals surface area (Å²) >= 11 is 0. The SMILES string of the molecule is Cc1c(COc2cccc(C=O)c2)cccc1[N+](=O)[O-]. The number of aldehydes is 1. The molecule has 0 aliphatic rings. The third kappa shape index (κ3) is 3.00. The van der Waals surface area contributed by atoms with E-state index in [0.717, 1.165) is 11.8 Å².